The van der Waals surface area contributed by atoms with Crippen LogP contribution < -0.4 is 14.8 Å². The zero-order valence-corrected chi connectivity index (χ0v) is 42.6. The van der Waals surface area contributed by atoms with Gasteiger partial charge < -0.3 is 34.2 Å². The van der Waals surface area contributed by atoms with Gasteiger partial charge >= 0.3 is 5.97 Å². The number of carbonyl (C=O) groups excluding carboxylic acids is 3. The number of rotatable bonds is 19. The van der Waals surface area contributed by atoms with Crippen molar-refractivity contribution in [3.63, 3.8) is 0 Å². The summed E-state index contributed by atoms with van der Waals surface area (Å²) in [6.45, 7) is 21.8. The number of benzene rings is 2. The van der Waals surface area contributed by atoms with E-state index in [0.717, 1.165) is 50.9 Å². The molecule has 1 N–H and O–H groups in total. The zero-order chi connectivity index (χ0) is 48.3. The molecule has 2 saturated carbocycles. The molecule has 12 nitrogen and oxygen atoms in total. The highest BCUT2D eigenvalue weighted by molar-refractivity contribution is 6.00. The van der Waals surface area contributed by atoms with Crippen LogP contribution in [0.5, 0.6) is 11.5 Å². The standard InChI is InChI=1S/C54H82N6O6/c1-14-40-33-38(4)54(39(5)34-40,52(63)66-53(6,7)8)55-50(61)44-36-46(49-47(64-12)25-20-26-48(49)65-13)60(56-44)45-28-27-41(35-43(45)37(2)3)51(62)59(11)32-22-30-57(9)29-21-31-58(10)42-23-18-16-15-17-19-24-42/h20,25-28,35-37,39-40,42H,4,14-19,21-24,29-34H2,1-3,5-13H3,(H,55,61). The summed E-state index contributed by atoms with van der Waals surface area (Å²) in [5, 5.41) is 8.14. The van der Waals surface area contributed by atoms with Crippen LogP contribution >= 0.6 is 0 Å². The Labute approximate surface area is 396 Å². The zero-order valence-electron chi connectivity index (χ0n) is 42.6. The van der Waals surface area contributed by atoms with Crippen LogP contribution in [0.25, 0.3) is 16.9 Å². The Kier molecular flexibility index (Phi) is 18.5. The lowest BCUT2D eigenvalue weighted by Crippen LogP contribution is -2.63. The monoisotopic (exact) mass is 911 g/mol. The fraction of sp³-hybridized carbons (Fsp3) is 0.630. The van der Waals surface area contributed by atoms with E-state index >= 15 is 0 Å². The Balaban J connectivity index is 1.40. The van der Waals surface area contributed by atoms with Crippen LogP contribution in [0, 0.1) is 11.8 Å². The van der Waals surface area contributed by atoms with Gasteiger partial charge in [0.25, 0.3) is 11.8 Å². The Morgan fingerprint density at radius 3 is 2.11 bits per heavy atom. The predicted molar refractivity (Wildman–Crippen MR) is 266 cm³/mol. The van der Waals surface area contributed by atoms with Gasteiger partial charge in [-0.25, -0.2) is 9.48 Å². The minimum Gasteiger partial charge on any atom is -0.496 e. The number of aromatic nitrogens is 2. The van der Waals surface area contributed by atoms with Crippen LogP contribution in [0.1, 0.15) is 158 Å². The van der Waals surface area contributed by atoms with Gasteiger partial charge in [0.05, 0.1) is 31.2 Å². The first-order valence-electron chi connectivity index (χ1n) is 24.7. The maximum Gasteiger partial charge on any atom is 0.337 e. The van der Waals surface area contributed by atoms with Crippen LogP contribution in [0.3, 0.4) is 0 Å². The molecule has 3 atom stereocenters. The van der Waals surface area contributed by atoms with Crippen molar-refractivity contribution in [2.75, 3.05) is 61.5 Å². The van der Waals surface area contributed by atoms with Crippen molar-refractivity contribution in [1.82, 2.24) is 29.8 Å². The van der Waals surface area contributed by atoms with Crippen molar-refractivity contribution in [1.29, 1.82) is 0 Å². The number of carbonyl (C=O) groups is 3. The van der Waals surface area contributed by atoms with Crippen molar-refractivity contribution >= 4 is 17.8 Å². The van der Waals surface area contributed by atoms with Gasteiger partial charge in [-0.05, 0) is 158 Å². The molecule has 2 amide bonds. The van der Waals surface area contributed by atoms with Gasteiger partial charge in [0.2, 0.25) is 0 Å². The molecule has 2 aliphatic rings. The maximum absolute atomic E-state index is 14.7. The number of nitrogens with one attached hydrogen (secondary N) is 1. The molecule has 3 unspecified atom stereocenters. The van der Waals surface area contributed by atoms with E-state index in [-0.39, 0.29) is 23.4 Å². The maximum atomic E-state index is 14.7. The molecular formula is C54H82N6O6. The summed E-state index contributed by atoms with van der Waals surface area (Å²) in [6.07, 6.45) is 13.8. The van der Waals surface area contributed by atoms with Crippen molar-refractivity contribution in [3.05, 3.63) is 71.4 Å². The molecule has 364 valence electrons. The second-order valence-corrected chi connectivity index (χ2v) is 20.5. The Morgan fingerprint density at radius 2 is 1.53 bits per heavy atom. The number of ether oxygens (including phenoxy) is 3. The topological polar surface area (TPSA) is 118 Å². The highest BCUT2D eigenvalue weighted by Gasteiger charge is 2.53. The number of amides is 2. The fourth-order valence-corrected chi connectivity index (χ4v) is 10.1. The minimum atomic E-state index is -1.46. The summed E-state index contributed by atoms with van der Waals surface area (Å²) in [5.41, 5.74) is 1.73. The number of esters is 1. The molecule has 2 fully saturated rings. The molecule has 2 aliphatic carbocycles. The molecule has 0 bridgehead atoms. The van der Waals surface area contributed by atoms with E-state index in [2.05, 4.69) is 56.6 Å². The van der Waals surface area contributed by atoms with Crippen molar-refractivity contribution in [2.45, 2.75) is 149 Å². The molecule has 0 aliphatic heterocycles. The average Bonchev–Trinajstić information content (AvgIpc) is 3.71. The van der Waals surface area contributed by atoms with Gasteiger partial charge in [-0.3, -0.25) is 9.59 Å². The number of hydrogen-bond acceptors (Lipinski definition) is 9. The Hall–Kier alpha value is -4.68. The highest BCUT2D eigenvalue weighted by Crippen LogP contribution is 2.44. The van der Waals surface area contributed by atoms with Gasteiger partial charge in [0, 0.05) is 25.2 Å². The van der Waals surface area contributed by atoms with E-state index < -0.39 is 23.0 Å². The summed E-state index contributed by atoms with van der Waals surface area (Å²) in [6, 6.07) is 13.6. The molecule has 0 saturated heterocycles. The van der Waals surface area contributed by atoms with Crippen molar-refractivity contribution in [3.8, 4) is 28.4 Å². The molecular weight excluding hydrogens is 829 g/mol. The lowest BCUT2D eigenvalue weighted by atomic mass is 9.66. The van der Waals surface area contributed by atoms with Gasteiger partial charge in [-0.15, -0.1) is 0 Å². The summed E-state index contributed by atoms with van der Waals surface area (Å²) in [4.78, 5) is 49.8. The molecule has 0 radical (unpaired) electrons. The molecule has 1 aromatic heterocycles. The van der Waals surface area contributed by atoms with Crippen LogP contribution in [-0.2, 0) is 9.53 Å². The third-order valence-corrected chi connectivity index (χ3v) is 14.0. The van der Waals surface area contributed by atoms with E-state index in [4.69, 9.17) is 19.3 Å². The Morgan fingerprint density at radius 1 is 0.909 bits per heavy atom. The first kappa shape index (κ1) is 52.3. The summed E-state index contributed by atoms with van der Waals surface area (Å²) >= 11 is 0. The fourth-order valence-electron chi connectivity index (χ4n) is 10.1. The summed E-state index contributed by atoms with van der Waals surface area (Å²) < 4.78 is 19.5. The number of methoxy groups -OCH3 is 2. The second-order valence-electron chi connectivity index (χ2n) is 20.5. The third kappa shape index (κ3) is 12.6. The normalized spacial score (nSPS) is 19.7. The molecule has 66 heavy (non-hydrogen) atoms. The predicted octanol–water partition coefficient (Wildman–Crippen LogP) is 10.3. The van der Waals surface area contributed by atoms with Crippen LogP contribution in [0.2, 0.25) is 0 Å². The van der Waals surface area contributed by atoms with Crippen LogP contribution in [0.4, 0.5) is 0 Å². The lowest BCUT2D eigenvalue weighted by Gasteiger charge is -2.46. The first-order valence-corrected chi connectivity index (χ1v) is 24.7. The van der Waals surface area contributed by atoms with Crippen LogP contribution in [0.15, 0.2) is 54.6 Å². The smallest absolute Gasteiger partial charge is 0.337 e. The van der Waals surface area contributed by atoms with Gasteiger partial charge in [0.15, 0.2) is 11.2 Å². The van der Waals surface area contributed by atoms with E-state index in [1.54, 1.807) is 29.9 Å². The molecule has 12 heteroatoms. The average molecular weight is 911 g/mol. The van der Waals surface area contributed by atoms with E-state index in [1.807, 2.05) is 71.1 Å². The van der Waals surface area contributed by atoms with Crippen LogP contribution in [-0.4, -0.2) is 121 Å². The molecule has 5 rings (SSSR count). The Bertz CT molecular complexity index is 2090. The van der Waals surface area contributed by atoms with E-state index in [9.17, 15) is 14.4 Å². The number of nitrogens with zero attached hydrogens (tertiary/aromatic N) is 5. The summed E-state index contributed by atoms with van der Waals surface area (Å²) in [5.74, 6) is -0.0570. The molecule has 0 spiro atoms. The highest BCUT2D eigenvalue weighted by atomic mass is 16.6. The van der Waals surface area contributed by atoms with Gasteiger partial charge in [-0.2, -0.15) is 5.10 Å². The van der Waals surface area contributed by atoms with Crippen molar-refractivity contribution < 1.29 is 28.6 Å². The molecule has 3 aromatic rings. The number of hydrogen-bond donors (Lipinski definition) is 1. The minimum absolute atomic E-state index is 0.0277. The molecule has 2 aromatic carbocycles. The lowest BCUT2D eigenvalue weighted by molar-refractivity contribution is -0.164. The SMILES string of the molecule is C=C1CC(CC)CC(C)C1(NC(=O)c1cc(-c2c(OC)cccc2OC)n(-c2ccc(C(=O)N(C)CCCN(C)CCCN(C)C3CCCCCCC3)cc2C(C)C)n1)C(=O)OC(C)(C)C. The van der Waals surface area contributed by atoms with Gasteiger partial charge in [0.1, 0.15) is 17.1 Å². The third-order valence-electron chi connectivity index (χ3n) is 14.0. The van der Waals surface area contributed by atoms with Gasteiger partial charge in [-0.1, -0.05) is 78.9 Å². The van der Waals surface area contributed by atoms with E-state index in [1.165, 1.54) is 44.9 Å². The first-order chi connectivity index (χ1) is 31.3. The quantitative estimate of drug-likeness (QED) is 0.0926. The van der Waals surface area contributed by atoms with E-state index in [0.29, 0.717) is 64.5 Å². The summed E-state index contributed by atoms with van der Waals surface area (Å²) in [7, 11) is 9.52. The largest absolute Gasteiger partial charge is 0.496 e. The van der Waals surface area contributed by atoms with Crippen molar-refractivity contribution in [2.24, 2.45) is 11.8 Å². The molecule has 1 heterocycles. The second kappa shape index (κ2) is 23.4.